The highest BCUT2D eigenvalue weighted by Crippen LogP contribution is 2.29. The lowest BCUT2D eigenvalue weighted by molar-refractivity contribution is -0.0415. The Bertz CT molecular complexity index is 606. The van der Waals surface area contributed by atoms with E-state index in [1.165, 1.54) is 24.0 Å². The molecule has 1 aliphatic carbocycles. The maximum Gasteiger partial charge on any atom is 0.410 e. The summed E-state index contributed by atoms with van der Waals surface area (Å²) < 4.78 is 17.1. The van der Waals surface area contributed by atoms with Crippen molar-refractivity contribution in [2.75, 3.05) is 26.3 Å². The van der Waals surface area contributed by atoms with Crippen LogP contribution in [0.4, 0.5) is 4.79 Å². The van der Waals surface area contributed by atoms with Crippen molar-refractivity contribution in [3.05, 3.63) is 35.4 Å². The molecule has 144 valence electrons. The van der Waals surface area contributed by atoms with Crippen LogP contribution >= 0.6 is 0 Å². The molecule has 2 aliphatic rings. The maximum absolute atomic E-state index is 12.3. The van der Waals surface area contributed by atoms with E-state index in [1.54, 1.807) is 4.90 Å². The summed E-state index contributed by atoms with van der Waals surface area (Å²) in [7, 11) is 0. The van der Waals surface area contributed by atoms with Crippen molar-refractivity contribution in [3.8, 4) is 0 Å². The smallest absolute Gasteiger partial charge is 0.410 e. The first-order valence-corrected chi connectivity index (χ1v) is 9.64. The number of amides is 1. The molecule has 1 saturated heterocycles. The van der Waals surface area contributed by atoms with Gasteiger partial charge in [0, 0.05) is 19.6 Å². The van der Waals surface area contributed by atoms with E-state index < -0.39 is 5.60 Å². The number of ether oxygens (including phenoxy) is 3. The molecule has 26 heavy (non-hydrogen) atoms. The lowest BCUT2D eigenvalue weighted by Gasteiger charge is -2.34. The van der Waals surface area contributed by atoms with Crippen LogP contribution in [0.1, 0.15) is 44.7 Å². The van der Waals surface area contributed by atoms with Crippen LogP contribution in [0.5, 0.6) is 0 Å². The van der Waals surface area contributed by atoms with E-state index in [1.807, 2.05) is 20.8 Å². The van der Waals surface area contributed by atoms with E-state index in [4.69, 9.17) is 14.2 Å². The minimum atomic E-state index is -0.473. The molecule has 1 heterocycles. The largest absolute Gasteiger partial charge is 0.444 e. The second-order valence-electron chi connectivity index (χ2n) is 8.40. The lowest BCUT2D eigenvalue weighted by Crippen LogP contribution is -2.48. The number of benzene rings is 1. The molecule has 5 nitrogen and oxygen atoms in total. The molecule has 1 atom stereocenters. The fourth-order valence-electron chi connectivity index (χ4n) is 3.07. The molecule has 1 amide bonds. The van der Waals surface area contributed by atoms with E-state index >= 15 is 0 Å². The van der Waals surface area contributed by atoms with Crippen molar-refractivity contribution in [1.29, 1.82) is 0 Å². The number of nitrogens with zero attached hydrogens (tertiary/aromatic N) is 1. The van der Waals surface area contributed by atoms with E-state index in [0.29, 0.717) is 26.3 Å². The van der Waals surface area contributed by atoms with Crippen LogP contribution in [0.3, 0.4) is 0 Å². The first-order chi connectivity index (χ1) is 12.4. The minimum absolute atomic E-state index is 0.00102. The summed E-state index contributed by atoms with van der Waals surface area (Å²) in [6.45, 7) is 8.91. The molecule has 1 saturated carbocycles. The predicted molar refractivity (Wildman–Crippen MR) is 100 cm³/mol. The third-order valence-corrected chi connectivity index (χ3v) is 4.56. The lowest BCUT2D eigenvalue weighted by atomic mass is 10.0. The summed E-state index contributed by atoms with van der Waals surface area (Å²) in [6, 6.07) is 8.47. The SMILES string of the molecule is CC(C)(C)OC(=O)N1CCOC(Cc2cccc(COCC3CC3)c2)C1. The summed E-state index contributed by atoms with van der Waals surface area (Å²) >= 11 is 0. The molecule has 1 aromatic rings. The number of hydrogen-bond acceptors (Lipinski definition) is 4. The van der Waals surface area contributed by atoms with Gasteiger partial charge in [0.15, 0.2) is 0 Å². The molecule has 0 spiro atoms. The van der Waals surface area contributed by atoms with Gasteiger partial charge in [-0.15, -0.1) is 0 Å². The maximum atomic E-state index is 12.3. The Balaban J connectivity index is 1.50. The van der Waals surface area contributed by atoms with Crippen molar-refractivity contribution in [1.82, 2.24) is 4.90 Å². The molecule has 1 aliphatic heterocycles. The molecule has 1 aromatic carbocycles. The molecule has 5 heteroatoms. The molecule has 0 bridgehead atoms. The highest BCUT2D eigenvalue weighted by molar-refractivity contribution is 5.68. The standard InChI is InChI=1S/C21H31NO4/c1-21(2,3)26-20(23)22-9-10-25-19(13-22)12-17-5-4-6-18(11-17)15-24-14-16-7-8-16/h4-6,11,16,19H,7-10,12-15H2,1-3H3. The van der Waals surface area contributed by atoms with Gasteiger partial charge in [-0.3, -0.25) is 0 Å². The highest BCUT2D eigenvalue weighted by atomic mass is 16.6. The highest BCUT2D eigenvalue weighted by Gasteiger charge is 2.28. The number of morpholine rings is 1. The Labute approximate surface area is 156 Å². The van der Waals surface area contributed by atoms with E-state index in [2.05, 4.69) is 24.3 Å². The van der Waals surface area contributed by atoms with Gasteiger partial charge >= 0.3 is 6.09 Å². The van der Waals surface area contributed by atoms with Gasteiger partial charge < -0.3 is 19.1 Å². The quantitative estimate of drug-likeness (QED) is 0.773. The molecule has 0 aromatic heterocycles. The van der Waals surface area contributed by atoms with Gasteiger partial charge in [0.2, 0.25) is 0 Å². The average Bonchev–Trinajstić information content (AvgIpc) is 3.38. The second kappa shape index (κ2) is 8.40. The van der Waals surface area contributed by atoms with Crippen molar-refractivity contribution >= 4 is 6.09 Å². The van der Waals surface area contributed by atoms with Gasteiger partial charge in [0.1, 0.15) is 5.60 Å². The van der Waals surface area contributed by atoms with E-state index in [0.717, 1.165) is 18.9 Å². The van der Waals surface area contributed by atoms with Crippen molar-refractivity contribution in [3.63, 3.8) is 0 Å². The first-order valence-electron chi connectivity index (χ1n) is 9.64. The zero-order valence-corrected chi connectivity index (χ0v) is 16.2. The Hall–Kier alpha value is -1.59. The predicted octanol–water partition coefficient (Wildman–Crippen LogP) is 3.79. The third-order valence-electron chi connectivity index (χ3n) is 4.56. The summed E-state index contributed by atoms with van der Waals surface area (Å²) in [4.78, 5) is 14.0. The summed E-state index contributed by atoms with van der Waals surface area (Å²) in [5.74, 6) is 0.785. The minimum Gasteiger partial charge on any atom is -0.444 e. The van der Waals surface area contributed by atoms with Crippen LogP contribution in [0.15, 0.2) is 24.3 Å². The van der Waals surface area contributed by atoms with Crippen molar-refractivity contribution in [2.45, 2.75) is 58.3 Å². The second-order valence-corrected chi connectivity index (χ2v) is 8.40. The monoisotopic (exact) mass is 361 g/mol. The molecular formula is C21H31NO4. The first kappa shape index (κ1) is 19.2. The van der Waals surface area contributed by atoms with Gasteiger partial charge in [-0.2, -0.15) is 0 Å². The van der Waals surface area contributed by atoms with Crippen LogP contribution in [0.25, 0.3) is 0 Å². The van der Waals surface area contributed by atoms with Crippen LogP contribution in [0, 0.1) is 5.92 Å². The molecule has 2 fully saturated rings. The summed E-state index contributed by atoms with van der Waals surface area (Å²) in [5.41, 5.74) is 1.94. The normalized spacial score (nSPS) is 20.9. The van der Waals surface area contributed by atoms with E-state index in [9.17, 15) is 4.79 Å². The van der Waals surface area contributed by atoms with Gasteiger partial charge in [-0.05, 0) is 50.7 Å². The fourth-order valence-corrected chi connectivity index (χ4v) is 3.07. The van der Waals surface area contributed by atoms with Crippen LogP contribution < -0.4 is 0 Å². The Kier molecular flexibility index (Phi) is 6.20. The Morgan fingerprint density at radius 2 is 2.04 bits per heavy atom. The third kappa shape index (κ3) is 6.29. The van der Waals surface area contributed by atoms with Crippen LogP contribution in [0.2, 0.25) is 0 Å². The Morgan fingerprint density at radius 3 is 2.77 bits per heavy atom. The van der Waals surface area contributed by atoms with Gasteiger partial charge in [0.05, 0.1) is 25.9 Å². The number of rotatable bonds is 6. The van der Waals surface area contributed by atoms with Gasteiger partial charge in [-0.1, -0.05) is 24.3 Å². The Morgan fingerprint density at radius 1 is 1.27 bits per heavy atom. The molecule has 0 N–H and O–H groups in total. The topological polar surface area (TPSA) is 48.0 Å². The summed E-state index contributed by atoms with van der Waals surface area (Å²) in [6.07, 6.45) is 3.16. The zero-order valence-electron chi connectivity index (χ0n) is 16.2. The van der Waals surface area contributed by atoms with Crippen LogP contribution in [-0.4, -0.2) is 49.0 Å². The number of carbonyl (C=O) groups is 1. The average molecular weight is 361 g/mol. The molecular weight excluding hydrogens is 330 g/mol. The number of hydrogen-bond donors (Lipinski definition) is 0. The molecule has 1 unspecified atom stereocenters. The van der Waals surface area contributed by atoms with Crippen molar-refractivity contribution < 1.29 is 19.0 Å². The molecule has 3 rings (SSSR count). The van der Waals surface area contributed by atoms with Crippen molar-refractivity contribution in [2.24, 2.45) is 5.92 Å². The fraction of sp³-hybridized carbons (Fsp3) is 0.667. The zero-order chi connectivity index (χ0) is 18.6. The molecule has 0 radical (unpaired) electrons. The summed E-state index contributed by atoms with van der Waals surface area (Å²) in [5, 5.41) is 0. The van der Waals surface area contributed by atoms with Crippen LogP contribution in [-0.2, 0) is 27.2 Å². The van der Waals surface area contributed by atoms with E-state index in [-0.39, 0.29) is 12.2 Å². The number of carbonyl (C=O) groups excluding carboxylic acids is 1. The van der Waals surface area contributed by atoms with Gasteiger partial charge in [-0.25, -0.2) is 4.79 Å². The van der Waals surface area contributed by atoms with Gasteiger partial charge in [0.25, 0.3) is 0 Å².